The van der Waals surface area contributed by atoms with Crippen LogP contribution in [0.5, 0.6) is 5.75 Å². The summed E-state index contributed by atoms with van der Waals surface area (Å²) >= 11 is 0. The summed E-state index contributed by atoms with van der Waals surface area (Å²) < 4.78 is 5.65. The number of nitrogens with two attached hydrogens (primary N) is 2. The van der Waals surface area contributed by atoms with E-state index in [0.29, 0.717) is 13.0 Å². The molecule has 0 aliphatic carbocycles. The van der Waals surface area contributed by atoms with E-state index in [0.717, 1.165) is 16.5 Å². The molecule has 0 saturated heterocycles. The number of rotatable bonds is 5. The van der Waals surface area contributed by atoms with Crippen LogP contribution < -0.4 is 16.2 Å². The molecule has 94 valence electrons. The molecule has 0 fully saturated rings. The standard InChI is InChI=1S/C14H16N2O2/c15-12(14(16)17)8-9-18-13-7-3-5-10-4-1-2-6-11(10)13/h1-7,12H,8-9,15H2,(H2,16,17). The molecule has 1 unspecified atom stereocenters. The van der Waals surface area contributed by atoms with Gasteiger partial charge in [-0.05, 0) is 11.5 Å². The highest BCUT2D eigenvalue weighted by Gasteiger charge is 2.09. The Balaban J connectivity index is 2.06. The first-order valence-corrected chi connectivity index (χ1v) is 5.84. The Hall–Kier alpha value is -2.07. The van der Waals surface area contributed by atoms with Crippen LogP contribution in [0.4, 0.5) is 0 Å². The van der Waals surface area contributed by atoms with Gasteiger partial charge >= 0.3 is 0 Å². The van der Waals surface area contributed by atoms with Gasteiger partial charge < -0.3 is 16.2 Å². The van der Waals surface area contributed by atoms with E-state index in [4.69, 9.17) is 16.2 Å². The number of hydrogen-bond acceptors (Lipinski definition) is 3. The number of amides is 1. The highest BCUT2D eigenvalue weighted by molar-refractivity contribution is 5.88. The zero-order valence-corrected chi connectivity index (χ0v) is 10.0. The summed E-state index contributed by atoms with van der Waals surface area (Å²) in [6.07, 6.45) is 0.415. The molecule has 4 nitrogen and oxygen atoms in total. The highest BCUT2D eigenvalue weighted by Crippen LogP contribution is 2.25. The van der Waals surface area contributed by atoms with Crippen molar-refractivity contribution in [3.8, 4) is 5.75 Å². The van der Waals surface area contributed by atoms with Crippen molar-refractivity contribution in [3.05, 3.63) is 42.5 Å². The molecule has 0 aromatic heterocycles. The first-order valence-electron chi connectivity index (χ1n) is 5.84. The third kappa shape index (κ3) is 2.78. The molecule has 0 radical (unpaired) electrons. The van der Waals surface area contributed by atoms with Crippen LogP contribution in [-0.4, -0.2) is 18.6 Å². The lowest BCUT2D eigenvalue weighted by Crippen LogP contribution is -2.37. The van der Waals surface area contributed by atoms with Gasteiger partial charge in [-0.25, -0.2) is 0 Å². The van der Waals surface area contributed by atoms with Gasteiger partial charge in [0.1, 0.15) is 5.75 Å². The zero-order valence-electron chi connectivity index (χ0n) is 10.0. The average molecular weight is 244 g/mol. The average Bonchev–Trinajstić information content (AvgIpc) is 2.38. The van der Waals surface area contributed by atoms with Crippen LogP contribution >= 0.6 is 0 Å². The number of fused-ring (bicyclic) bond motifs is 1. The molecule has 4 heteroatoms. The Morgan fingerprint density at radius 1 is 1.17 bits per heavy atom. The van der Waals surface area contributed by atoms with Crippen molar-refractivity contribution in [2.45, 2.75) is 12.5 Å². The second-order valence-corrected chi connectivity index (χ2v) is 4.12. The molecule has 0 aliphatic heterocycles. The summed E-state index contributed by atoms with van der Waals surface area (Å²) in [7, 11) is 0. The van der Waals surface area contributed by atoms with Gasteiger partial charge in [-0.15, -0.1) is 0 Å². The smallest absolute Gasteiger partial charge is 0.234 e. The number of benzene rings is 2. The minimum absolute atomic E-state index is 0.373. The fourth-order valence-corrected chi connectivity index (χ4v) is 1.76. The van der Waals surface area contributed by atoms with E-state index in [2.05, 4.69) is 0 Å². The molecule has 2 rings (SSSR count). The van der Waals surface area contributed by atoms with Crippen molar-refractivity contribution < 1.29 is 9.53 Å². The molecule has 0 spiro atoms. The Kier molecular flexibility index (Phi) is 3.79. The van der Waals surface area contributed by atoms with E-state index >= 15 is 0 Å². The Bertz CT molecular complexity index is 549. The Morgan fingerprint density at radius 3 is 2.67 bits per heavy atom. The van der Waals surface area contributed by atoms with Gasteiger partial charge in [0.15, 0.2) is 0 Å². The SMILES string of the molecule is NC(=O)C(N)CCOc1cccc2ccccc12. The van der Waals surface area contributed by atoms with Crippen molar-refractivity contribution in [3.63, 3.8) is 0 Å². The largest absolute Gasteiger partial charge is 0.493 e. The van der Waals surface area contributed by atoms with Crippen molar-refractivity contribution in [1.29, 1.82) is 0 Å². The van der Waals surface area contributed by atoms with Crippen LogP contribution in [0.15, 0.2) is 42.5 Å². The molecule has 4 N–H and O–H groups in total. The first kappa shape index (κ1) is 12.4. The van der Waals surface area contributed by atoms with Crippen LogP contribution in [-0.2, 0) is 4.79 Å². The number of hydrogen-bond donors (Lipinski definition) is 2. The molecule has 2 aromatic carbocycles. The molecule has 0 aliphatic rings. The quantitative estimate of drug-likeness (QED) is 0.835. The molecule has 0 bridgehead atoms. The fraction of sp³-hybridized carbons (Fsp3) is 0.214. The van der Waals surface area contributed by atoms with E-state index in [1.54, 1.807) is 0 Å². The molecule has 0 heterocycles. The van der Waals surface area contributed by atoms with E-state index in [-0.39, 0.29) is 0 Å². The molecule has 1 atom stereocenters. The van der Waals surface area contributed by atoms with Crippen LogP contribution in [0.25, 0.3) is 10.8 Å². The van der Waals surface area contributed by atoms with Gasteiger partial charge in [0.2, 0.25) is 5.91 Å². The maximum absolute atomic E-state index is 10.8. The van der Waals surface area contributed by atoms with Crippen LogP contribution in [0, 0.1) is 0 Å². The summed E-state index contributed by atoms with van der Waals surface area (Å²) in [4.78, 5) is 10.8. The van der Waals surface area contributed by atoms with E-state index in [1.807, 2.05) is 42.5 Å². The number of carbonyl (C=O) groups is 1. The number of carbonyl (C=O) groups excluding carboxylic acids is 1. The summed E-state index contributed by atoms with van der Waals surface area (Å²) in [6, 6.07) is 13.2. The lowest BCUT2D eigenvalue weighted by molar-refractivity contribution is -0.119. The van der Waals surface area contributed by atoms with Crippen LogP contribution in [0.3, 0.4) is 0 Å². The van der Waals surface area contributed by atoms with Crippen molar-refractivity contribution in [1.82, 2.24) is 0 Å². The lowest BCUT2D eigenvalue weighted by Gasteiger charge is -2.11. The molecule has 1 amide bonds. The summed E-state index contributed by atoms with van der Waals surface area (Å²) in [6.45, 7) is 0.373. The normalized spacial score (nSPS) is 12.3. The van der Waals surface area contributed by atoms with E-state index < -0.39 is 11.9 Å². The summed E-state index contributed by atoms with van der Waals surface area (Å²) in [5.41, 5.74) is 10.6. The minimum atomic E-state index is -0.653. The van der Waals surface area contributed by atoms with Gasteiger partial charge in [0, 0.05) is 11.8 Å². The van der Waals surface area contributed by atoms with E-state index in [9.17, 15) is 4.79 Å². The number of ether oxygens (including phenoxy) is 1. The van der Waals surface area contributed by atoms with Gasteiger partial charge in [0.25, 0.3) is 0 Å². The van der Waals surface area contributed by atoms with Crippen molar-refractivity contribution in [2.24, 2.45) is 11.5 Å². The van der Waals surface area contributed by atoms with E-state index in [1.165, 1.54) is 0 Å². The van der Waals surface area contributed by atoms with Crippen LogP contribution in [0.2, 0.25) is 0 Å². The predicted octanol–water partition coefficient (Wildman–Crippen LogP) is 1.42. The molecule has 0 saturated carbocycles. The molecule has 2 aromatic rings. The summed E-state index contributed by atoms with van der Waals surface area (Å²) in [5, 5.41) is 2.17. The Labute approximate surface area is 106 Å². The summed E-state index contributed by atoms with van der Waals surface area (Å²) in [5.74, 6) is 0.293. The van der Waals surface area contributed by atoms with Gasteiger partial charge in [0.05, 0.1) is 12.6 Å². The third-order valence-electron chi connectivity index (χ3n) is 2.80. The number of primary amides is 1. The minimum Gasteiger partial charge on any atom is -0.493 e. The third-order valence-corrected chi connectivity index (χ3v) is 2.80. The predicted molar refractivity (Wildman–Crippen MR) is 71.2 cm³/mol. The lowest BCUT2D eigenvalue weighted by atomic mass is 10.1. The Morgan fingerprint density at radius 2 is 1.89 bits per heavy atom. The zero-order chi connectivity index (χ0) is 13.0. The molecular formula is C14H16N2O2. The molecular weight excluding hydrogens is 228 g/mol. The fourth-order valence-electron chi connectivity index (χ4n) is 1.76. The first-order chi connectivity index (χ1) is 8.68. The molecule has 18 heavy (non-hydrogen) atoms. The van der Waals surface area contributed by atoms with Crippen molar-refractivity contribution >= 4 is 16.7 Å². The topological polar surface area (TPSA) is 78.3 Å². The maximum Gasteiger partial charge on any atom is 0.234 e. The highest BCUT2D eigenvalue weighted by atomic mass is 16.5. The van der Waals surface area contributed by atoms with Gasteiger partial charge in [-0.1, -0.05) is 36.4 Å². The second kappa shape index (κ2) is 5.51. The maximum atomic E-state index is 10.8. The monoisotopic (exact) mass is 244 g/mol. The van der Waals surface area contributed by atoms with Crippen molar-refractivity contribution in [2.75, 3.05) is 6.61 Å². The second-order valence-electron chi connectivity index (χ2n) is 4.12. The van der Waals surface area contributed by atoms with Gasteiger partial charge in [-0.2, -0.15) is 0 Å². The van der Waals surface area contributed by atoms with Gasteiger partial charge in [-0.3, -0.25) is 4.79 Å². The van der Waals surface area contributed by atoms with Crippen LogP contribution in [0.1, 0.15) is 6.42 Å².